The van der Waals surface area contributed by atoms with Crippen LogP contribution in [0.25, 0.3) is 55.3 Å². The van der Waals surface area contributed by atoms with E-state index in [4.69, 9.17) is 13.8 Å². The molecule has 6 heteroatoms. The quantitative estimate of drug-likeness (QED) is 0.0796. The maximum atomic E-state index is 12.2. The maximum Gasteiger partial charge on any atom is 0.164 e. The summed E-state index contributed by atoms with van der Waals surface area (Å²) in [7, 11) is 0. The number of ketones is 1. The number of aryl methyl sites for hydroxylation is 1. The number of aliphatic hydroxyl groups excluding tert-OH is 1. The number of aliphatic hydroxyl groups is 1. The monoisotopic (exact) mass is 919 g/mol. The molecule has 6 aromatic rings. The van der Waals surface area contributed by atoms with Crippen LogP contribution in [-0.2, 0) is 36.7 Å². The third kappa shape index (κ3) is 9.03. The number of benzene rings is 3. The zero-order valence-electron chi connectivity index (χ0n) is 35.0. The summed E-state index contributed by atoms with van der Waals surface area (Å²) in [6, 6.07) is 24.7. The first-order chi connectivity index (χ1) is 25.5. The molecule has 0 amide bonds. The van der Waals surface area contributed by atoms with Crippen LogP contribution in [0.15, 0.2) is 87.5 Å². The van der Waals surface area contributed by atoms with Crippen molar-refractivity contribution >= 4 is 38.5 Å². The fraction of sp³-hybridized carbons (Fsp3) is 0.429. The van der Waals surface area contributed by atoms with Gasteiger partial charge in [-0.2, -0.15) is 0 Å². The van der Waals surface area contributed by atoms with Crippen molar-refractivity contribution in [2.75, 3.05) is 0 Å². The molecule has 0 fully saturated rings. The van der Waals surface area contributed by atoms with Crippen molar-refractivity contribution in [3.63, 3.8) is 0 Å². The van der Waals surface area contributed by atoms with Crippen molar-refractivity contribution in [2.24, 2.45) is 16.7 Å². The number of furan rings is 2. The fourth-order valence-electron chi connectivity index (χ4n) is 7.02. The molecule has 0 saturated heterocycles. The SMILES string of the molecule is CCC(C)(CC)C(=O)/C=C(\O)C(C)(CC)CC.Cc1c(CC(C)C)oc2c(-c3cc4c(-c5[c-]c6ccccc6c(C(C)(C)C)c5)nccc4o3)cccc12.[Ir]. The third-order valence-corrected chi connectivity index (χ3v) is 11.8. The second-order valence-electron chi connectivity index (χ2n) is 16.9. The van der Waals surface area contributed by atoms with E-state index in [9.17, 15) is 9.90 Å². The number of pyridine rings is 1. The number of para-hydroxylation sites is 1. The number of aromatic nitrogens is 1. The Kier molecular flexibility index (Phi) is 13.9. The number of allylic oxidation sites excluding steroid dienone is 2. The average molecular weight is 919 g/mol. The minimum atomic E-state index is -0.337. The number of hydrogen-bond donors (Lipinski definition) is 1. The fourth-order valence-corrected chi connectivity index (χ4v) is 7.02. The van der Waals surface area contributed by atoms with E-state index < -0.39 is 0 Å². The summed E-state index contributed by atoms with van der Waals surface area (Å²) in [4.78, 5) is 17.0. The molecule has 1 radical (unpaired) electrons. The van der Waals surface area contributed by atoms with Crippen molar-refractivity contribution in [1.82, 2.24) is 4.98 Å². The number of hydrogen-bond acceptors (Lipinski definition) is 5. The molecule has 3 aromatic carbocycles. The van der Waals surface area contributed by atoms with E-state index in [1.54, 1.807) is 0 Å². The summed E-state index contributed by atoms with van der Waals surface area (Å²) < 4.78 is 12.9. The predicted octanol–water partition coefficient (Wildman–Crippen LogP) is 14.3. The molecule has 0 aliphatic carbocycles. The van der Waals surface area contributed by atoms with E-state index in [1.807, 2.05) is 53.8 Å². The van der Waals surface area contributed by atoms with Gasteiger partial charge in [0.25, 0.3) is 0 Å². The predicted molar refractivity (Wildman–Crippen MR) is 226 cm³/mol. The Balaban J connectivity index is 0.000000320. The number of fused-ring (bicyclic) bond motifs is 3. The summed E-state index contributed by atoms with van der Waals surface area (Å²) in [5.41, 5.74) is 6.40. The second kappa shape index (κ2) is 17.4. The Morgan fingerprint density at radius 2 is 1.47 bits per heavy atom. The van der Waals surface area contributed by atoms with Crippen molar-refractivity contribution in [1.29, 1.82) is 0 Å². The van der Waals surface area contributed by atoms with Crippen molar-refractivity contribution in [3.05, 3.63) is 102 Å². The minimum Gasteiger partial charge on any atom is -0.512 e. The first kappa shape index (κ1) is 43.7. The van der Waals surface area contributed by atoms with Gasteiger partial charge in [0.05, 0.1) is 5.56 Å². The van der Waals surface area contributed by atoms with E-state index in [2.05, 4.69) is 102 Å². The molecule has 55 heavy (non-hydrogen) atoms. The topological polar surface area (TPSA) is 76.5 Å². The minimum absolute atomic E-state index is 0. The molecular weight excluding hydrogens is 859 g/mol. The molecule has 3 heterocycles. The molecule has 0 aliphatic heterocycles. The van der Waals surface area contributed by atoms with E-state index in [0.717, 1.165) is 87.8 Å². The molecule has 0 atom stereocenters. The first-order valence-corrected chi connectivity index (χ1v) is 19.8. The Hall–Kier alpha value is -3.99. The zero-order valence-corrected chi connectivity index (χ0v) is 37.4. The molecule has 295 valence electrons. The van der Waals surface area contributed by atoms with Gasteiger partial charge in [0.2, 0.25) is 0 Å². The van der Waals surface area contributed by atoms with Crippen LogP contribution in [-0.4, -0.2) is 15.9 Å². The standard InChI is InChI=1S/C34H32NO2.C15H28O2.Ir/c1-20(2)16-30-21(3)24-12-9-13-26(33(24)37-30)31-19-27-29(36-31)14-15-35-32(27)23-17-22-10-7-8-11-25(22)28(18-23)34(4,5)6;1-7-14(5,8-2)12(16)11-13(17)15(6,9-3)10-4;/h7-15,18-20H,16H2,1-6H3;11,16H,7-10H2,1-6H3;/q-1;;/b;12-11-;. The molecule has 5 nitrogen and oxygen atoms in total. The second-order valence-corrected chi connectivity index (χ2v) is 16.9. The average Bonchev–Trinajstić information content (AvgIpc) is 3.73. The van der Waals surface area contributed by atoms with Crippen LogP contribution in [0, 0.1) is 29.7 Å². The summed E-state index contributed by atoms with van der Waals surface area (Å²) in [5, 5.41) is 14.6. The van der Waals surface area contributed by atoms with Gasteiger partial charge in [-0.3, -0.25) is 9.78 Å². The van der Waals surface area contributed by atoms with Gasteiger partial charge < -0.3 is 13.9 Å². The Morgan fingerprint density at radius 3 is 2.09 bits per heavy atom. The summed E-state index contributed by atoms with van der Waals surface area (Å²) in [6.45, 7) is 25.4. The number of carbonyl (C=O) groups is 1. The smallest absolute Gasteiger partial charge is 0.164 e. The Bertz CT molecular complexity index is 2290. The zero-order chi connectivity index (χ0) is 39.6. The first-order valence-electron chi connectivity index (χ1n) is 19.8. The number of rotatable bonds is 11. The largest absolute Gasteiger partial charge is 0.512 e. The van der Waals surface area contributed by atoms with Gasteiger partial charge >= 0.3 is 0 Å². The van der Waals surface area contributed by atoms with Crippen LogP contribution in [0.4, 0.5) is 0 Å². The van der Waals surface area contributed by atoms with E-state index in [1.165, 1.54) is 22.6 Å². The molecule has 0 bridgehead atoms. The van der Waals surface area contributed by atoms with Crippen LogP contribution in [0.2, 0.25) is 0 Å². The molecule has 3 aromatic heterocycles. The van der Waals surface area contributed by atoms with E-state index in [0.29, 0.717) is 5.92 Å². The maximum absolute atomic E-state index is 12.2. The normalized spacial score (nSPS) is 12.6. The van der Waals surface area contributed by atoms with Gasteiger partial charge in [-0.15, -0.1) is 29.1 Å². The summed E-state index contributed by atoms with van der Waals surface area (Å²) >= 11 is 0. The van der Waals surface area contributed by atoms with E-state index >= 15 is 0 Å². The van der Waals surface area contributed by atoms with Crippen molar-refractivity contribution in [3.8, 4) is 22.6 Å². The van der Waals surface area contributed by atoms with Gasteiger partial charge in [0, 0.05) is 66.1 Å². The van der Waals surface area contributed by atoms with Crippen LogP contribution in [0.3, 0.4) is 0 Å². The summed E-state index contributed by atoms with van der Waals surface area (Å²) in [6.07, 6.45) is 7.50. The number of nitrogens with zero attached hydrogens (tertiary/aromatic N) is 1. The molecule has 0 unspecified atom stereocenters. The summed E-state index contributed by atoms with van der Waals surface area (Å²) in [5.74, 6) is 2.65. The van der Waals surface area contributed by atoms with E-state index in [-0.39, 0.29) is 47.9 Å². The van der Waals surface area contributed by atoms with Crippen LogP contribution >= 0.6 is 0 Å². The van der Waals surface area contributed by atoms with Crippen LogP contribution < -0.4 is 0 Å². The Labute approximate surface area is 342 Å². The Morgan fingerprint density at radius 1 is 0.836 bits per heavy atom. The molecular formula is C49H60IrNO4-. The third-order valence-electron chi connectivity index (χ3n) is 11.8. The van der Waals surface area contributed by atoms with Gasteiger partial charge in [-0.1, -0.05) is 117 Å². The molecule has 6 rings (SSSR count). The van der Waals surface area contributed by atoms with Gasteiger partial charge in [-0.05, 0) is 67.7 Å². The number of carbonyl (C=O) groups excluding carboxylic acids is 1. The van der Waals surface area contributed by atoms with Gasteiger partial charge in [0.1, 0.15) is 28.4 Å². The molecule has 0 saturated carbocycles. The molecule has 0 spiro atoms. The molecule has 1 N–H and O–H groups in total. The molecule has 0 aliphatic rings. The van der Waals surface area contributed by atoms with Crippen LogP contribution in [0.1, 0.15) is 119 Å². The van der Waals surface area contributed by atoms with Crippen molar-refractivity contribution < 1.29 is 38.8 Å². The van der Waals surface area contributed by atoms with Crippen LogP contribution in [0.5, 0.6) is 0 Å². The van der Waals surface area contributed by atoms with Gasteiger partial charge in [-0.25, -0.2) is 0 Å². The van der Waals surface area contributed by atoms with Crippen molar-refractivity contribution in [2.45, 2.75) is 121 Å². The van der Waals surface area contributed by atoms with Gasteiger partial charge in [0.15, 0.2) is 5.78 Å².